The lowest BCUT2D eigenvalue weighted by Gasteiger charge is -2.36. The highest BCUT2D eigenvalue weighted by atomic mass is 32.2. The molecule has 1 fully saturated rings. The number of amides is 1. The van der Waals surface area contributed by atoms with Gasteiger partial charge in [0.1, 0.15) is 4.21 Å². The smallest absolute Gasteiger partial charge is 0.252 e. The van der Waals surface area contributed by atoms with Crippen LogP contribution >= 0.6 is 11.3 Å². The Labute approximate surface area is 205 Å². The van der Waals surface area contributed by atoms with E-state index >= 15 is 0 Å². The molecular formula is C25H30N4O3S2. The summed E-state index contributed by atoms with van der Waals surface area (Å²) >= 11 is 1.14. The zero-order chi connectivity index (χ0) is 24.0. The van der Waals surface area contributed by atoms with Crippen LogP contribution in [0.25, 0.3) is 0 Å². The summed E-state index contributed by atoms with van der Waals surface area (Å²) in [6, 6.07) is 21.8. The largest absolute Gasteiger partial charge is 0.369 e. The van der Waals surface area contributed by atoms with E-state index in [4.69, 9.17) is 0 Å². The average Bonchev–Trinajstić information content (AvgIpc) is 3.41. The van der Waals surface area contributed by atoms with Crippen LogP contribution in [-0.2, 0) is 27.9 Å². The molecule has 1 amide bonds. The molecule has 1 aromatic heterocycles. The molecule has 4 rings (SSSR count). The summed E-state index contributed by atoms with van der Waals surface area (Å²) in [6.07, 6.45) is 0. The number of rotatable bonds is 9. The number of benzene rings is 2. The average molecular weight is 499 g/mol. The molecule has 1 aliphatic heterocycles. The SMILES string of the molecule is CN(CC(=O)NCc1ccccc1CN1CCN(c2ccccc2)CC1)S(=O)(=O)c1cccs1. The van der Waals surface area contributed by atoms with Gasteiger partial charge in [0.15, 0.2) is 0 Å². The number of nitrogens with zero attached hydrogens (tertiary/aromatic N) is 3. The van der Waals surface area contributed by atoms with Crippen LogP contribution in [0.4, 0.5) is 5.69 Å². The Morgan fingerprint density at radius 1 is 0.941 bits per heavy atom. The van der Waals surface area contributed by atoms with E-state index in [-0.39, 0.29) is 16.7 Å². The number of sulfonamides is 1. The number of anilines is 1. The number of likely N-dealkylation sites (N-methyl/N-ethyl adjacent to an activating group) is 1. The highest BCUT2D eigenvalue weighted by Crippen LogP contribution is 2.20. The monoisotopic (exact) mass is 498 g/mol. The van der Waals surface area contributed by atoms with E-state index in [2.05, 4.69) is 45.4 Å². The molecule has 1 aliphatic rings. The van der Waals surface area contributed by atoms with Crippen LogP contribution in [0.1, 0.15) is 11.1 Å². The Morgan fingerprint density at radius 3 is 2.29 bits per heavy atom. The number of carbonyl (C=O) groups excluding carboxylic acids is 1. The van der Waals surface area contributed by atoms with Crippen molar-refractivity contribution in [1.29, 1.82) is 0 Å². The quantitative estimate of drug-likeness (QED) is 0.491. The molecule has 0 radical (unpaired) electrons. The summed E-state index contributed by atoms with van der Waals surface area (Å²) in [5, 5.41) is 4.59. The van der Waals surface area contributed by atoms with E-state index in [1.54, 1.807) is 17.5 Å². The molecule has 2 aromatic carbocycles. The maximum atomic E-state index is 12.5. The van der Waals surface area contributed by atoms with E-state index in [1.165, 1.54) is 18.3 Å². The first kappa shape index (κ1) is 24.4. The van der Waals surface area contributed by atoms with Gasteiger partial charge in [-0.3, -0.25) is 9.69 Å². The van der Waals surface area contributed by atoms with Gasteiger partial charge in [-0.2, -0.15) is 4.31 Å². The Bertz CT molecular complexity index is 1180. The van der Waals surface area contributed by atoms with E-state index < -0.39 is 10.0 Å². The Morgan fingerprint density at radius 2 is 1.62 bits per heavy atom. The van der Waals surface area contributed by atoms with Crippen LogP contribution < -0.4 is 10.2 Å². The summed E-state index contributed by atoms with van der Waals surface area (Å²) in [7, 11) is -2.22. The molecule has 9 heteroatoms. The summed E-state index contributed by atoms with van der Waals surface area (Å²) in [4.78, 5) is 17.3. The van der Waals surface area contributed by atoms with Crippen molar-refractivity contribution in [3.05, 3.63) is 83.2 Å². The van der Waals surface area contributed by atoms with Crippen molar-refractivity contribution in [1.82, 2.24) is 14.5 Å². The van der Waals surface area contributed by atoms with E-state index in [1.807, 2.05) is 24.3 Å². The number of nitrogens with one attached hydrogen (secondary N) is 1. The van der Waals surface area contributed by atoms with Crippen molar-refractivity contribution in [2.75, 3.05) is 44.7 Å². The number of para-hydroxylation sites is 1. The van der Waals surface area contributed by atoms with Gasteiger partial charge in [-0.1, -0.05) is 48.5 Å². The van der Waals surface area contributed by atoms with Crippen molar-refractivity contribution >= 4 is 33.0 Å². The fourth-order valence-electron chi connectivity index (χ4n) is 4.03. The molecule has 1 saturated heterocycles. The maximum Gasteiger partial charge on any atom is 0.252 e. The van der Waals surface area contributed by atoms with Gasteiger partial charge in [-0.05, 0) is 34.7 Å². The number of thiophene rings is 1. The van der Waals surface area contributed by atoms with Gasteiger partial charge < -0.3 is 10.2 Å². The molecule has 0 saturated carbocycles. The Hall–Kier alpha value is -2.72. The summed E-state index contributed by atoms with van der Waals surface area (Å²) < 4.78 is 26.4. The normalized spacial score (nSPS) is 14.9. The number of carbonyl (C=O) groups is 1. The highest BCUT2D eigenvalue weighted by molar-refractivity contribution is 7.91. The first-order valence-corrected chi connectivity index (χ1v) is 13.6. The molecule has 0 bridgehead atoms. The molecule has 34 heavy (non-hydrogen) atoms. The van der Waals surface area contributed by atoms with Crippen molar-refractivity contribution in [3.63, 3.8) is 0 Å². The lowest BCUT2D eigenvalue weighted by atomic mass is 10.1. The molecule has 3 aromatic rings. The molecule has 0 spiro atoms. The van der Waals surface area contributed by atoms with E-state index in [0.29, 0.717) is 6.54 Å². The first-order chi connectivity index (χ1) is 16.4. The third-order valence-corrected chi connectivity index (χ3v) is 9.18. The molecule has 0 aliphatic carbocycles. The topological polar surface area (TPSA) is 73.0 Å². The number of hydrogen-bond donors (Lipinski definition) is 1. The first-order valence-electron chi connectivity index (χ1n) is 11.3. The van der Waals surface area contributed by atoms with Crippen LogP contribution in [0.2, 0.25) is 0 Å². The van der Waals surface area contributed by atoms with Crippen LogP contribution in [-0.4, -0.2) is 63.3 Å². The van der Waals surface area contributed by atoms with Crippen LogP contribution in [0.5, 0.6) is 0 Å². The van der Waals surface area contributed by atoms with Crippen LogP contribution in [0.15, 0.2) is 76.3 Å². The van der Waals surface area contributed by atoms with Crippen LogP contribution in [0.3, 0.4) is 0 Å². The van der Waals surface area contributed by atoms with Crippen molar-refractivity contribution in [2.45, 2.75) is 17.3 Å². The third kappa shape index (κ3) is 6.04. The minimum Gasteiger partial charge on any atom is -0.369 e. The second-order valence-corrected chi connectivity index (χ2v) is 11.6. The fourth-order valence-corrected chi connectivity index (χ4v) is 6.36. The molecular weight excluding hydrogens is 468 g/mol. The zero-order valence-corrected chi connectivity index (χ0v) is 20.9. The molecule has 0 unspecified atom stereocenters. The predicted octanol–water partition coefficient (Wildman–Crippen LogP) is 3.01. The molecule has 2 heterocycles. The Balaban J connectivity index is 1.29. The van der Waals surface area contributed by atoms with Gasteiger partial charge in [-0.15, -0.1) is 11.3 Å². The summed E-state index contributed by atoms with van der Waals surface area (Å²) in [5.74, 6) is -0.325. The van der Waals surface area contributed by atoms with Gasteiger partial charge >= 0.3 is 0 Å². The Kier molecular flexibility index (Phi) is 7.99. The summed E-state index contributed by atoms with van der Waals surface area (Å²) in [5.41, 5.74) is 3.48. The minimum absolute atomic E-state index is 0.218. The van der Waals surface area contributed by atoms with Crippen LogP contribution in [0, 0.1) is 0 Å². The second kappa shape index (κ2) is 11.1. The highest BCUT2D eigenvalue weighted by Gasteiger charge is 2.24. The molecule has 7 nitrogen and oxygen atoms in total. The standard InChI is InChI=1S/C25H30N4O3S2/c1-27(34(31,32)25-12-7-17-33-25)20-24(30)26-18-21-8-5-6-9-22(21)19-28-13-15-29(16-14-28)23-10-3-2-4-11-23/h2-12,17H,13-16,18-20H2,1H3,(H,26,30). The van der Waals surface area contributed by atoms with Gasteiger partial charge in [0, 0.05) is 52.0 Å². The van der Waals surface area contributed by atoms with Gasteiger partial charge in [0.05, 0.1) is 6.54 Å². The van der Waals surface area contributed by atoms with Crippen molar-refractivity contribution < 1.29 is 13.2 Å². The minimum atomic E-state index is -3.65. The lowest BCUT2D eigenvalue weighted by molar-refractivity contribution is -0.121. The third-order valence-electron chi connectivity index (χ3n) is 6.01. The van der Waals surface area contributed by atoms with E-state index in [0.717, 1.165) is 53.9 Å². The van der Waals surface area contributed by atoms with Gasteiger partial charge in [-0.25, -0.2) is 8.42 Å². The molecule has 180 valence electrons. The van der Waals surface area contributed by atoms with E-state index in [9.17, 15) is 13.2 Å². The van der Waals surface area contributed by atoms with Gasteiger partial charge in [0.2, 0.25) is 5.91 Å². The number of piperazine rings is 1. The van der Waals surface area contributed by atoms with Gasteiger partial charge in [0.25, 0.3) is 10.0 Å². The zero-order valence-electron chi connectivity index (χ0n) is 19.3. The lowest BCUT2D eigenvalue weighted by Crippen LogP contribution is -2.46. The van der Waals surface area contributed by atoms with Crippen molar-refractivity contribution in [2.24, 2.45) is 0 Å². The summed E-state index contributed by atoms with van der Waals surface area (Å²) in [6.45, 7) is 4.88. The molecule has 1 N–H and O–H groups in total. The predicted molar refractivity (Wildman–Crippen MR) is 136 cm³/mol. The maximum absolute atomic E-state index is 12.5. The number of hydrogen-bond acceptors (Lipinski definition) is 6. The van der Waals surface area contributed by atoms with Crippen molar-refractivity contribution in [3.8, 4) is 0 Å². The fraction of sp³-hybridized carbons (Fsp3) is 0.320. The molecule has 0 atom stereocenters. The second-order valence-electron chi connectivity index (χ2n) is 8.34.